The predicted molar refractivity (Wildman–Crippen MR) is 58.5 cm³/mol. The summed E-state index contributed by atoms with van der Waals surface area (Å²) >= 11 is 0. The zero-order valence-corrected chi connectivity index (χ0v) is 9.04. The maximum atomic E-state index is 11.9. The highest BCUT2D eigenvalue weighted by Crippen LogP contribution is 2.17. The van der Waals surface area contributed by atoms with Crippen molar-refractivity contribution >= 4 is 11.6 Å². The van der Waals surface area contributed by atoms with Gasteiger partial charge < -0.3 is 15.7 Å². The molecule has 0 aromatic carbocycles. The Labute approximate surface area is 93.6 Å². The van der Waals surface area contributed by atoms with E-state index in [-0.39, 0.29) is 25.1 Å². The van der Waals surface area contributed by atoms with E-state index in [9.17, 15) is 4.79 Å². The lowest BCUT2D eigenvalue weighted by atomic mass is 10.2. The first-order valence-corrected chi connectivity index (χ1v) is 5.39. The molecule has 1 aromatic rings. The van der Waals surface area contributed by atoms with Crippen molar-refractivity contribution in [2.45, 2.75) is 25.4 Å². The van der Waals surface area contributed by atoms with Gasteiger partial charge >= 0.3 is 0 Å². The lowest BCUT2D eigenvalue weighted by Gasteiger charge is -2.22. The highest BCUT2D eigenvalue weighted by atomic mass is 16.3. The standard InChI is InChI=1S/C10H16N4O2/c11-8-4-12-13(5-8)6-10(16)14-3-1-2-9(14)7-15/h4-5,9,15H,1-3,6-7,11H2/t9-/m0/s1. The molecule has 2 rings (SSSR count). The second-order valence-electron chi connectivity index (χ2n) is 4.04. The van der Waals surface area contributed by atoms with Crippen LogP contribution >= 0.6 is 0 Å². The van der Waals surface area contributed by atoms with E-state index in [0.29, 0.717) is 5.69 Å². The van der Waals surface area contributed by atoms with Gasteiger partial charge in [-0.25, -0.2) is 0 Å². The molecule has 2 heterocycles. The molecule has 0 unspecified atom stereocenters. The third-order valence-electron chi connectivity index (χ3n) is 2.86. The van der Waals surface area contributed by atoms with Crippen LogP contribution in [0.3, 0.4) is 0 Å². The van der Waals surface area contributed by atoms with Crippen LogP contribution in [0.5, 0.6) is 0 Å². The van der Waals surface area contributed by atoms with Crippen molar-refractivity contribution in [3.63, 3.8) is 0 Å². The van der Waals surface area contributed by atoms with Crippen LogP contribution in [-0.2, 0) is 11.3 Å². The summed E-state index contributed by atoms with van der Waals surface area (Å²) < 4.78 is 1.52. The molecule has 1 atom stereocenters. The Bertz CT molecular complexity index is 377. The Hall–Kier alpha value is -1.56. The number of nitrogens with two attached hydrogens (primary N) is 1. The van der Waals surface area contributed by atoms with Gasteiger partial charge in [0.15, 0.2) is 0 Å². The Morgan fingerprint density at radius 3 is 3.12 bits per heavy atom. The van der Waals surface area contributed by atoms with Gasteiger partial charge in [-0.2, -0.15) is 5.10 Å². The molecule has 1 aliphatic heterocycles. The summed E-state index contributed by atoms with van der Waals surface area (Å²) in [5.74, 6) is -0.0142. The van der Waals surface area contributed by atoms with Crippen LogP contribution in [0.15, 0.2) is 12.4 Å². The van der Waals surface area contributed by atoms with Crippen LogP contribution < -0.4 is 5.73 Å². The average Bonchev–Trinajstić information content (AvgIpc) is 2.86. The summed E-state index contributed by atoms with van der Waals surface area (Å²) in [5.41, 5.74) is 6.06. The van der Waals surface area contributed by atoms with Gasteiger partial charge in [0.25, 0.3) is 0 Å². The molecular formula is C10H16N4O2. The van der Waals surface area contributed by atoms with Crippen LogP contribution in [0.1, 0.15) is 12.8 Å². The van der Waals surface area contributed by atoms with Crippen LogP contribution in [0, 0.1) is 0 Å². The molecule has 1 saturated heterocycles. The Morgan fingerprint density at radius 2 is 2.50 bits per heavy atom. The number of hydrogen-bond donors (Lipinski definition) is 2. The number of carbonyl (C=O) groups is 1. The van der Waals surface area contributed by atoms with Crippen molar-refractivity contribution in [2.75, 3.05) is 18.9 Å². The van der Waals surface area contributed by atoms with Crippen molar-refractivity contribution in [3.05, 3.63) is 12.4 Å². The number of amides is 1. The SMILES string of the molecule is Nc1cnn(CC(=O)N2CCC[C@H]2CO)c1. The van der Waals surface area contributed by atoms with Crippen LogP contribution in [0.4, 0.5) is 5.69 Å². The van der Waals surface area contributed by atoms with E-state index in [1.807, 2.05) is 0 Å². The molecule has 16 heavy (non-hydrogen) atoms. The number of aliphatic hydroxyl groups is 1. The molecule has 1 aromatic heterocycles. The first kappa shape index (κ1) is 10.9. The minimum absolute atomic E-state index is 0.0142. The maximum absolute atomic E-state index is 11.9. The molecule has 0 bridgehead atoms. The van der Waals surface area contributed by atoms with E-state index in [0.717, 1.165) is 19.4 Å². The fourth-order valence-corrected chi connectivity index (χ4v) is 2.05. The molecule has 0 radical (unpaired) electrons. The van der Waals surface area contributed by atoms with Gasteiger partial charge in [0.2, 0.25) is 5.91 Å². The second kappa shape index (κ2) is 4.52. The lowest BCUT2D eigenvalue weighted by molar-refractivity contribution is -0.133. The largest absolute Gasteiger partial charge is 0.396 e. The molecule has 6 nitrogen and oxygen atoms in total. The van der Waals surface area contributed by atoms with Gasteiger partial charge in [0.1, 0.15) is 6.54 Å². The fraction of sp³-hybridized carbons (Fsp3) is 0.600. The van der Waals surface area contributed by atoms with Crippen molar-refractivity contribution in [3.8, 4) is 0 Å². The highest BCUT2D eigenvalue weighted by Gasteiger charge is 2.27. The molecule has 88 valence electrons. The maximum Gasteiger partial charge on any atom is 0.244 e. The van der Waals surface area contributed by atoms with Gasteiger partial charge in [0, 0.05) is 12.7 Å². The van der Waals surface area contributed by atoms with Crippen molar-refractivity contribution < 1.29 is 9.90 Å². The van der Waals surface area contributed by atoms with Crippen molar-refractivity contribution in [1.29, 1.82) is 0 Å². The van der Waals surface area contributed by atoms with Gasteiger partial charge in [-0.3, -0.25) is 9.48 Å². The number of aliphatic hydroxyl groups excluding tert-OH is 1. The summed E-state index contributed by atoms with van der Waals surface area (Å²) in [6, 6.07) is -0.0274. The van der Waals surface area contributed by atoms with Gasteiger partial charge in [-0.05, 0) is 12.8 Å². The Kier molecular flexibility index (Phi) is 3.09. The van der Waals surface area contributed by atoms with Gasteiger partial charge in [-0.15, -0.1) is 0 Å². The number of nitrogens with zero attached hydrogens (tertiary/aromatic N) is 3. The van der Waals surface area contributed by atoms with Crippen LogP contribution in [0.25, 0.3) is 0 Å². The third-order valence-corrected chi connectivity index (χ3v) is 2.86. The van der Waals surface area contributed by atoms with E-state index in [1.54, 1.807) is 11.1 Å². The van der Waals surface area contributed by atoms with Gasteiger partial charge in [0.05, 0.1) is 24.5 Å². The first-order chi connectivity index (χ1) is 7.70. The number of nitrogen functional groups attached to an aromatic ring is 1. The first-order valence-electron chi connectivity index (χ1n) is 5.39. The second-order valence-corrected chi connectivity index (χ2v) is 4.04. The summed E-state index contributed by atoms with van der Waals surface area (Å²) in [6.45, 7) is 0.946. The number of aromatic nitrogens is 2. The van der Waals surface area contributed by atoms with E-state index in [2.05, 4.69) is 5.10 Å². The number of hydrogen-bond acceptors (Lipinski definition) is 4. The molecule has 0 saturated carbocycles. The topological polar surface area (TPSA) is 84.4 Å². The molecule has 0 aliphatic carbocycles. The highest BCUT2D eigenvalue weighted by molar-refractivity contribution is 5.76. The fourth-order valence-electron chi connectivity index (χ4n) is 2.05. The summed E-state index contributed by atoms with van der Waals surface area (Å²) in [7, 11) is 0. The predicted octanol–water partition coefficient (Wildman–Crippen LogP) is -0.551. The lowest BCUT2D eigenvalue weighted by Crippen LogP contribution is -2.39. The smallest absolute Gasteiger partial charge is 0.244 e. The average molecular weight is 224 g/mol. The van der Waals surface area contributed by atoms with E-state index >= 15 is 0 Å². The molecule has 6 heteroatoms. The minimum atomic E-state index is -0.0274. The van der Waals surface area contributed by atoms with Gasteiger partial charge in [-0.1, -0.05) is 0 Å². The van der Waals surface area contributed by atoms with Crippen molar-refractivity contribution in [2.24, 2.45) is 0 Å². The molecule has 0 spiro atoms. The summed E-state index contributed by atoms with van der Waals surface area (Å²) in [6.07, 6.45) is 4.98. The molecule has 1 fully saturated rings. The minimum Gasteiger partial charge on any atom is -0.396 e. The van der Waals surface area contributed by atoms with Crippen LogP contribution in [0.2, 0.25) is 0 Å². The Balaban J connectivity index is 1.97. The molecule has 1 aliphatic rings. The Morgan fingerprint density at radius 1 is 1.69 bits per heavy atom. The quantitative estimate of drug-likeness (QED) is 0.721. The van der Waals surface area contributed by atoms with E-state index in [1.165, 1.54) is 10.9 Å². The normalized spacial score (nSPS) is 20.3. The van der Waals surface area contributed by atoms with Crippen molar-refractivity contribution in [1.82, 2.24) is 14.7 Å². The van der Waals surface area contributed by atoms with Crippen LogP contribution in [-0.4, -0.2) is 44.9 Å². The number of likely N-dealkylation sites (tertiary alicyclic amines) is 1. The summed E-state index contributed by atoms with van der Waals surface area (Å²) in [4.78, 5) is 13.6. The number of rotatable bonds is 3. The molecular weight excluding hydrogens is 208 g/mol. The monoisotopic (exact) mass is 224 g/mol. The third kappa shape index (κ3) is 2.16. The molecule has 3 N–H and O–H groups in total. The molecule has 1 amide bonds. The summed E-state index contributed by atoms with van der Waals surface area (Å²) in [5, 5.41) is 13.1. The zero-order valence-electron chi connectivity index (χ0n) is 9.04. The van der Waals surface area contributed by atoms with E-state index < -0.39 is 0 Å². The van der Waals surface area contributed by atoms with E-state index in [4.69, 9.17) is 10.8 Å². The zero-order chi connectivity index (χ0) is 11.5. The number of carbonyl (C=O) groups excluding carboxylic acids is 1. The number of anilines is 1.